The van der Waals surface area contributed by atoms with Gasteiger partial charge in [-0.05, 0) is 14.1 Å². The molecule has 0 aliphatic rings. The van der Waals surface area contributed by atoms with Crippen LogP contribution in [0, 0.1) is 0 Å². The Balaban J connectivity index is 2.63. The van der Waals surface area contributed by atoms with Crippen LogP contribution in [0.2, 0.25) is 0 Å². The van der Waals surface area contributed by atoms with E-state index >= 15 is 0 Å². The first-order valence-corrected chi connectivity index (χ1v) is 1.68. The lowest BCUT2D eigenvalue weighted by Gasteiger charge is -2.08. The third kappa shape index (κ3) is 3.94. The first-order chi connectivity index (χ1) is 2.77. The molecule has 0 rings (SSSR count). The molecule has 0 aromatic carbocycles. The van der Waals surface area contributed by atoms with Crippen LogP contribution in [0.1, 0.15) is 0 Å². The lowest BCUT2D eigenvalue weighted by atomic mass is 10.4. The molecule has 0 aromatic heterocycles. The highest BCUT2D eigenvalue weighted by molar-refractivity contribution is 6.03. The quantitative estimate of drug-likeness (QED) is 0.320. The molecule has 0 unspecified atom stereocenters. The van der Waals surface area contributed by atoms with E-state index in [4.69, 9.17) is 7.98 Å². The highest BCUT2D eigenvalue weighted by Gasteiger charge is 1.74. The molecule has 0 amide bonds. The van der Waals surface area contributed by atoms with Crippen LogP contribution < -0.4 is 11.0 Å². The molecule has 0 spiro atoms. The van der Waals surface area contributed by atoms with Gasteiger partial charge in [0, 0.05) is 0 Å². The number of rotatable bonds is 2. The second kappa shape index (κ2) is 3.15. The fourth-order valence-corrected chi connectivity index (χ4v) is 0.176. The fraction of sp³-hybridized carbons (Fsp3) is 1.00. The van der Waals surface area contributed by atoms with Crippen LogP contribution >= 0.6 is 0 Å². The minimum Gasteiger partial charge on any atom is -0.288 e. The molecule has 2 radical (unpaired) electrons. The molecular formula is C2H8BN3. The summed E-state index contributed by atoms with van der Waals surface area (Å²) in [6, 6.07) is 0. The Kier molecular flexibility index (Phi) is 3.12. The summed E-state index contributed by atoms with van der Waals surface area (Å²) < 4.78 is 0. The highest BCUT2D eigenvalue weighted by Crippen LogP contribution is 1.47. The number of hydrogen-bond donors (Lipinski definition) is 2. The molecule has 34 valence electrons. The van der Waals surface area contributed by atoms with Crippen molar-refractivity contribution in [1.29, 1.82) is 0 Å². The van der Waals surface area contributed by atoms with Gasteiger partial charge in [0.25, 0.3) is 0 Å². The van der Waals surface area contributed by atoms with E-state index in [-0.39, 0.29) is 0 Å². The predicted octanol–water partition coefficient (Wildman–Crippen LogP) is -1.36. The van der Waals surface area contributed by atoms with Crippen LogP contribution in [-0.2, 0) is 0 Å². The SMILES string of the molecule is [B]N(C)NNC. The molecule has 0 saturated heterocycles. The summed E-state index contributed by atoms with van der Waals surface area (Å²) >= 11 is 0. The average molecular weight is 84.9 g/mol. The Bertz CT molecular complexity index is 30.0. The minimum atomic E-state index is 1.32. The monoisotopic (exact) mass is 85.1 g/mol. The molecular weight excluding hydrogens is 76.9 g/mol. The van der Waals surface area contributed by atoms with Crippen molar-refractivity contribution in [2.45, 2.75) is 0 Å². The lowest BCUT2D eigenvalue weighted by molar-refractivity contribution is 0.346. The van der Waals surface area contributed by atoms with Crippen molar-refractivity contribution in [2.75, 3.05) is 14.1 Å². The summed E-state index contributed by atoms with van der Waals surface area (Å²) in [6.45, 7) is 0. The van der Waals surface area contributed by atoms with Crippen LogP contribution in [0.5, 0.6) is 0 Å². The second-order valence-electron chi connectivity index (χ2n) is 0.973. The van der Waals surface area contributed by atoms with Crippen LogP contribution in [0.25, 0.3) is 0 Å². The van der Waals surface area contributed by atoms with Gasteiger partial charge in [0.2, 0.25) is 7.98 Å². The van der Waals surface area contributed by atoms with Crippen molar-refractivity contribution in [3.63, 3.8) is 0 Å². The number of hydrogen-bond acceptors (Lipinski definition) is 3. The van der Waals surface area contributed by atoms with Crippen molar-refractivity contribution in [1.82, 2.24) is 15.9 Å². The van der Waals surface area contributed by atoms with Gasteiger partial charge in [-0.15, -0.1) is 0 Å². The number of hydrazine groups is 2. The van der Waals surface area contributed by atoms with Gasteiger partial charge in [-0.25, -0.2) is 11.0 Å². The van der Waals surface area contributed by atoms with E-state index in [1.807, 2.05) is 0 Å². The molecule has 6 heavy (non-hydrogen) atoms. The zero-order valence-electron chi connectivity index (χ0n) is 4.02. The standard InChI is InChI=1S/C2H8BN3/c1-4-5-6(2)3/h4-5H,1-2H3. The number of nitrogens with one attached hydrogen (secondary N) is 2. The third-order valence-corrected chi connectivity index (χ3v) is 0.288. The molecule has 0 aliphatic carbocycles. The average Bonchev–Trinajstić information content (AvgIpc) is 1.35. The topological polar surface area (TPSA) is 27.3 Å². The van der Waals surface area contributed by atoms with Gasteiger partial charge in [-0.1, -0.05) is 0 Å². The molecule has 2 N–H and O–H groups in total. The highest BCUT2D eigenvalue weighted by atomic mass is 15.6. The maximum absolute atomic E-state index is 5.06. The van der Waals surface area contributed by atoms with Crippen molar-refractivity contribution in [3.8, 4) is 0 Å². The van der Waals surface area contributed by atoms with Crippen molar-refractivity contribution in [3.05, 3.63) is 0 Å². The molecule has 0 atom stereocenters. The van der Waals surface area contributed by atoms with Crippen LogP contribution in [0.4, 0.5) is 0 Å². The fourth-order valence-electron chi connectivity index (χ4n) is 0.176. The third-order valence-electron chi connectivity index (χ3n) is 0.288. The largest absolute Gasteiger partial charge is 0.288 e. The van der Waals surface area contributed by atoms with Crippen molar-refractivity contribution >= 4 is 7.98 Å². The van der Waals surface area contributed by atoms with Crippen LogP contribution in [-0.4, -0.2) is 27.0 Å². The van der Waals surface area contributed by atoms with Crippen molar-refractivity contribution in [2.24, 2.45) is 0 Å². The molecule has 0 heterocycles. The van der Waals surface area contributed by atoms with E-state index in [0.717, 1.165) is 0 Å². The number of nitrogens with zero attached hydrogens (tertiary/aromatic N) is 1. The molecule has 0 aliphatic heterocycles. The lowest BCUT2D eigenvalue weighted by Crippen LogP contribution is -2.40. The Morgan fingerprint density at radius 2 is 2.17 bits per heavy atom. The van der Waals surface area contributed by atoms with Gasteiger partial charge < -0.3 is 0 Å². The smallest absolute Gasteiger partial charge is 0.208 e. The van der Waals surface area contributed by atoms with E-state index < -0.39 is 0 Å². The van der Waals surface area contributed by atoms with Gasteiger partial charge in [0.1, 0.15) is 0 Å². The Labute approximate surface area is 39.1 Å². The zero-order chi connectivity index (χ0) is 4.99. The minimum absolute atomic E-state index is 1.32. The summed E-state index contributed by atoms with van der Waals surface area (Å²) in [6.07, 6.45) is 0. The normalized spacial score (nSPS) is 9.83. The Hall–Kier alpha value is -0.0551. The molecule has 3 nitrogen and oxygen atoms in total. The summed E-state index contributed by atoms with van der Waals surface area (Å²) in [5.74, 6) is 0. The van der Waals surface area contributed by atoms with Gasteiger partial charge in [-0.3, -0.25) is 4.92 Å². The van der Waals surface area contributed by atoms with Gasteiger partial charge in [0.05, 0.1) is 0 Å². The van der Waals surface area contributed by atoms with Gasteiger partial charge >= 0.3 is 0 Å². The Morgan fingerprint density at radius 1 is 1.67 bits per heavy atom. The molecule has 0 bridgehead atoms. The van der Waals surface area contributed by atoms with Crippen molar-refractivity contribution < 1.29 is 0 Å². The molecule has 0 fully saturated rings. The first-order valence-electron chi connectivity index (χ1n) is 1.68. The predicted molar refractivity (Wildman–Crippen MR) is 25.7 cm³/mol. The molecule has 0 saturated carbocycles. The van der Waals surface area contributed by atoms with E-state index in [1.165, 1.54) is 4.92 Å². The van der Waals surface area contributed by atoms with E-state index in [0.29, 0.717) is 0 Å². The van der Waals surface area contributed by atoms with Crippen LogP contribution in [0.3, 0.4) is 0 Å². The summed E-state index contributed by atoms with van der Waals surface area (Å²) in [7, 11) is 8.49. The van der Waals surface area contributed by atoms with E-state index in [1.54, 1.807) is 14.1 Å². The summed E-state index contributed by atoms with van der Waals surface area (Å²) in [5.41, 5.74) is 5.19. The second-order valence-corrected chi connectivity index (χ2v) is 0.973. The van der Waals surface area contributed by atoms with Gasteiger partial charge in [-0.2, -0.15) is 0 Å². The maximum Gasteiger partial charge on any atom is 0.208 e. The van der Waals surface area contributed by atoms with E-state index in [2.05, 4.69) is 11.0 Å². The van der Waals surface area contributed by atoms with Crippen LogP contribution in [0.15, 0.2) is 0 Å². The van der Waals surface area contributed by atoms with E-state index in [9.17, 15) is 0 Å². The first kappa shape index (κ1) is 5.94. The maximum atomic E-state index is 5.06. The summed E-state index contributed by atoms with van der Waals surface area (Å²) in [4.78, 5) is 1.32. The zero-order valence-corrected chi connectivity index (χ0v) is 4.02. The molecule has 0 aromatic rings. The Morgan fingerprint density at radius 3 is 2.17 bits per heavy atom. The summed E-state index contributed by atoms with van der Waals surface area (Å²) in [5, 5.41) is 0. The molecule has 4 heteroatoms. The van der Waals surface area contributed by atoms with Gasteiger partial charge in [0.15, 0.2) is 0 Å².